The van der Waals surface area contributed by atoms with Crippen molar-refractivity contribution in [1.29, 1.82) is 0 Å². The number of rotatable bonds is 12. The monoisotopic (exact) mass is 535 g/mol. The molecule has 0 heterocycles. The van der Waals surface area contributed by atoms with Crippen LogP contribution in [0.5, 0.6) is 0 Å². The molecule has 0 spiro atoms. The Morgan fingerprint density at radius 2 is 1.68 bits per heavy atom. The molecule has 10 heteroatoms. The van der Waals surface area contributed by atoms with Crippen LogP contribution < -0.4 is 10.6 Å². The molecule has 3 amide bonds. The van der Waals surface area contributed by atoms with Gasteiger partial charge in [0, 0.05) is 6.04 Å². The fraction of sp³-hybridized carbons (Fsp3) is 0.643. The molecule has 0 aliphatic carbocycles. The SMILES string of the molecule is COC(=O)CNC(=O)C(c1cccc(C)c1C)N(C(=O)C(CO)NC(=O)OC(C)(C)C)C(C)CCC(C)C. The van der Waals surface area contributed by atoms with E-state index in [4.69, 9.17) is 4.74 Å². The van der Waals surface area contributed by atoms with Crippen LogP contribution in [0.4, 0.5) is 4.79 Å². The van der Waals surface area contributed by atoms with Crippen LogP contribution in [-0.4, -0.2) is 71.8 Å². The molecule has 0 saturated carbocycles. The third-order valence-electron chi connectivity index (χ3n) is 6.17. The normalized spacial score (nSPS) is 13.8. The van der Waals surface area contributed by atoms with Crippen LogP contribution in [0.15, 0.2) is 18.2 Å². The van der Waals surface area contributed by atoms with E-state index in [0.717, 1.165) is 17.5 Å². The number of amides is 3. The second-order valence-electron chi connectivity index (χ2n) is 10.9. The maximum atomic E-state index is 14.0. The third-order valence-corrected chi connectivity index (χ3v) is 6.17. The van der Waals surface area contributed by atoms with E-state index in [9.17, 15) is 24.3 Å². The number of nitrogens with zero attached hydrogens (tertiary/aromatic N) is 1. The van der Waals surface area contributed by atoms with E-state index < -0.39 is 54.2 Å². The first kappa shape index (κ1) is 32.9. The zero-order valence-electron chi connectivity index (χ0n) is 24.2. The first-order valence-electron chi connectivity index (χ1n) is 13.0. The van der Waals surface area contributed by atoms with Gasteiger partial charge in [-0.3, -0.25) is 14.4 Å². The van der Waals surface area contributed by atoms with Crippen LogP contribution in [0.2, 0.25) is 0 Å². The summed E-state index contributed by atoms with van der Waals surface area (Å²) in [4.78, 5) is 53.3. The van der Waals surface area contributed by atoms with E-state index in [-0.39, 0.29) is 6.54 Å². The summed E-state index contributed by atoms with van der Waals surface area (Å²) in [7, 11) is 1.22. The minimum atomic E-state index is -1.35. The number of ether oxygens (including phenoxy) is 2. The molecule has 1 aromatic rings. The van der Waals surface area contributed by atoms with Gasteiger partial charge in [0.2, 0.25) is 11.8 Å². The summed E-state index contributed by atoms with van der Waals surface area (Å²) in [5.74, 6) is -1.52. The molecule has 0 aliphatic rings. The lowest BCUT2D eigenvalue weighted by Gasteiger charge is -2.39. The number of hydrogen-bond acceptors (Lipinski definition) is 7. The van der Waals surface area contributed by atoms with Gasteiger partial charge in [-0.05, 0) is 77.0 Å². The highest BCUT2D eigenvalue weighted by Crippen LogP contribution is 2.30. The Labute approximate surface area is 226 Å². The maximum Gasteiger partial charge on any atom is 0.408 e. The van der Waals surface area contributed by atoms with Crippen molar-refractivity contribution in [3.05, 3.63) is 34.9 Å². The first-order valence-corrected chi connectivity index (χ1v) is 13.0. The number of alkyl carbamates (subject to hydrolysis) is 1. The highest BCUT2D eigenvalue weighted by molar-refractivity contribution is 5.93. The Bertz CT molecular complexity index is 972. The van der Waals surface area contributed by atoms with E-state index in [0.29, 0.717) is 17.9 Å². The van der Waals surface area contributed by atoms with E-state index in [2.05, 4.69) is 29.2 Å². The zero-order chi connectivity index (χ0) is 29.2. The minimum Gasteiger partial charge on any atom is -0.468 e. The number of esters is 1. The molecule has 3 unspecified atom stereocenters. The molecule has 10 nitrogen and oxygen atoms in total. The number of hydrogen-bond donors (Lipinski definition) is 3. The molecule has 0 saturated heterocycles. The Hall–Kier alpha value is -3.14. The number of carbonyl (C=O) groups is 4. The van der Waals surface area contributed by atoms with E-state index in [1.54, 1.807) is 32.9 Å². The van der Waals surface area contributed by atoms with Gasteiger partial charge >= 0.3 is 12.1 Å². The smallest absolute Gasteiger partial charge is 0.408 e. The van der Waals surface area contributed by atoms with Gasteiger partial charge in [0.15, 0.2) is 0 Å². The second kappa shape index (κ2) is 14.7. The van der Waals surface area contributed by atoms with Crippen LogP contribution >= 0.6 is 0 Å². The van der Waals surface area contributed by atoms with E-state index in [1.807, 2.05) is 26.8 Å². The second-order valence-corrected chi connectivity index (χ2v) is 10.9. The van der Waals surface area contributed by atoms with Gasteiger partial charge < -0.3 is 30.1 Å². The van der Waals surface area contributed by atoms with Crippen LogP contribution in [0.1, 0.15) is 77.1 Å². The molecule has 214 valence electrons. The summed E-state index contributed by atoms with van der Waals surface area (Å²) in [6.45, 7) is 13.7. The van der Waals surface area contributed by atoms with Crippen LogP contribution in [-0.2, 0) is 23.9 Å². The number of aryl methyl sites for hydroxylation is 1. The minimum absolute atomic E-state index is 0.343. The Kier molecular flexibility index (Phi) is 12.7. The highest BCUT2D eigenvalue weighted by atomic mass is 16.6. The van der Waals surface area contributed by atoms with Gasteiger partial charge in [0.05, 0.1) is 13.7 Å². The molecule has 1 rings (SSSR count). The van der Waals surface area contributed by atoms with E-state index >= 15 is 0 Å². The van der Waals surface area contributed by atoms with E-state index in [1.165, 1.54) is 12.0 Å². The predicted octanol–water partition coefficient (Wildman–Crippen LogP) is 3.17. The average Bonchev–Trinajstić information content (AvgIpc) is 2.83. The highest BCUT2D eigenvalue weighted by Gasteiger charge is 2.39. The quantitative estimate of drug-likeness (QED) is 0.350. The lowest BCUT2D eigenvalue weighted by Crippen LogP contribution is -2.57. The summed E-state index contributed by atoms with van der Waals surface area (Å²) in [5.41, 5.74) is 1.49. The summed E-state index contributed by atoms with van der Waals surface area (Å²) < 4.78 is 9.94. The molecule has 0 bridgehead atoms. The van der Waals surface area contributed by atoms with Gasteiger partial charge in [-0.25, -0.2) is 4.79 Å². The average molecular weight is 536 g/mol. The van der Waals surface area contributed by atoms with Gasteiger partial charge in [0.25, 0.3) is 0 Å². The van der Waals surface area contributed by atoms with Crippen molar-refractivity contribution in [3.8, 4) is 0 Å². The fourth-order valence-electron chi connectivity index (χ4n) is 3.94. The summed E-state index contributed by atoms with van der Waals surface area (Å²) >= 11 is 0. The van der Waals surface area contributed by atoms with Gasteiger partial charge in [-0.2, -0.15) is 0 Å². The molecule has 38 heavy (non-hydrogen) atoms. The Morgan fingerprint density at radius 1 is 1.05 bits per heavy atom. The Balaban J connectivity index is 3.61. The van der Waals surface area contributed by atoms with Crippen molar-refractivity contribution < 1.29 is 33.8 Å². The fourth-order valence-corrected chi connectivity index (χ4v) is 3.94. The summed E-state index contributed by atoms with van der Waals surface area (Å²) in [5, 5.41) is 15.1. The molecule has 3 N–H and O–H groups in total. The van der Waals surface area contributed by atoms with Crippen molar-refractivity contribution in [2.45, 2.75) is 92.0 Å². The molecule has 3 atom stereocenters. The lowest BCUT2D eigenvalue weighted by molar-refractivity contribution is -0.147. The number of aliphatic hydroxyl groups excluding tert-OH is 1. The molecule has 0 fully saturated rings. The summed E-state index contributed by atoms with van der Waals surface area (Å²) in [6, 6.07) is 2.51. The number of nitrogens with one attached hydrogen (secondary N) is 2. The topological polar surface area (TPSA) is 134 Å². The van der Waals surface area contributed by atoms with Crippen molar-refractivity contribution in [1.82, 2.24) is 15.5 Å². The summed E-state index contributed by atoms with van der Waals surface area (Å²) in [6.07, 6.45) is 0.482. The van der Waals surface area contributed by atoms with Crippen LogP contribution in [0.25, 0.3) is 0 Å². The van der Waals surface area contributed by atoms with Crippen molar-refractivity contribution in [3.63, 3.8) is 0 Å². The number of aliphatic hydroxyl groups is 1. The predicted molar refractivity (Wildman–Crippen MR) is 144 cm³/mol. The number of methoxy groups -OCH3 is 1. The largest absolute Gasteiger partial charge is 0.468 e. The van der Waals surface area contributed by atoms with Crippen LogP contribution in [0.3, 0.4) is 0 Å². The maximum absolute atomic E-state index is 14.0. The Morgan fingerprint density at radius 3 is 2.21 bits per heavy atom. The molecule has 0 aromatic heterocycles. The van der Waals surface area contributed by atoms with Crippen molar-refractivity contribution in [2.24, 2.45) is 5.92 Å². The molecular formula is C28H45N3O7. The first-order chi connectivity index (χ1) is 17.6. The third kappa shape index (κ3) is 9.96. The number of benzene rings is 1. The van der Waals surface area contributed by atoms with Gasteiger partial charge in [0.1, 0.15) is 24.2 Å². The molecule has 0 aliphatic heterocycles. The van der Waals surface area contributed by atoms with Crippen LogP contribution in [0, 0.1) is 19.8 Å². The van der Waals surface area contributed by atoms with Gasteiger partial charge in [-0.1, -0.05) is 32.0 Å². The zero-order valence-corrected chi connectivity index (χ0v) is 24.2. The lowest BCUT2D eigenvalue weighted by atomic mass is 9.93. The van der Waals surface area contributed by atoms with Crippen molar-refractivity contribution >= 4 is 23.9 Å². The standard InChI is InChI=1S/C28H45N3O7/c1-17(2)13-14-19(4)31(26(35)22(16-32)30-27(36)38-28(6,7)8)24(25(34)29-15-23(33)37-9)21-12-10-11-18(3)20(21)5/h10-12,17,19,22,24,32H,13-16H2,1-9H3,(H,29,34)(H,30,36). The molecule has 1 aromatic carbocycles. The molecular weight excluding hydrogens is 490 g/mol. The van der Waals surface area contributed by atoms with Crippen molar-refractivity contribution in [2.75, 3.05) is 20.3 Å². The van der Waals surface area contributed by atoms with Gasteiger partial charge in [-0.15, -0.1) is 0 Å². The number of carbonyl (C=O) groups excluding carboxylic acids is 4. The molecule has 0 radical (unpaired) electrons.